The first-order valence-electron chi connectivity index (χ1n) is 10.9. The van der Waals surface area contributed by atoms with Gasteiger partial charge in [-0.05, 0) is 68.8 Å². The van der Waals surface area contributed by atoms with Crippen LogP contribution in [0, 0.1) is 6.92 Å². The Labute approximate surface area is 196 Å². The quantitative estimate of drug-likeness (QED) is 0.526. The Hall–Kier alpha value is -2.71. The molecular formula is C24H28BrN5O2. The van der Waals surface area contributed by atoms with Gasteiger partial charge < -0.3 is 10.1 Å². The van der Waals surface area contributed by atoms with Crippen molar-refractivity contribution in [1.82, 2.24) is 25.2 Å². The van der Waals surface area contributed by atoms with E-state index >= 15 is 0 Å². The number of likely N-dealkylation sites (tertiary alicyclic amines) is 1. The van der Waals surface area contributed by atoms with Crippen molar-refractivity contribution < 1.29 is 9.53 Å². The van der Waals surface area contributed by atoms with E-state index < -0.39 is 0 Å². The Morgan fingerprint density at radius 2 is 1.91 bits per heavy atom. The zero-order valence-corrected chi connectivity index (χ0v) is 20.0. The predicted molar refractivity (Wildman–Crippen MR) is 127 cm³/mol. The number of nitrogens with one attached hydrogen (secondary N) is 1. The molecule has 32 heavy (non-hydrogen) atoms. The number of amides is 1. The molecule has 1 aliphatic rings. The average molecular weight is 498 g/mol. The van der Waals surface area contributed by atoms with E-state index in [0.717, 1.165) is 29.0 Å². The molecular weight excluding hydrogens is 470 g/mol. The third kappa shape index (κ3) is 5.02. The standard InChI is InChI=1S/C24H28BrN5O2/c1-17-23(27-28-30(17)20-8-6-7-19(25)15-20)24(31)26-16-22(29-13-4-3-5-14-29)18-9-11-21(32-2)12-10-18/h6-12,15,22H,3-5,13-14,16H2,1-2H3,(H,26,31). The number of nitrogens with zero attached hydrogens (tertiary/aromatic N) is 4. The largest absolute Gasteiger partial charge is 0.497 e. The lowest BCUT2D eigenvalue weighted by atomic mass is 10.0. The molecule has 1 aliphatic heterocycles. The summed E-state index contributed by atoms with van der Waals surface area (Å²) in [6.07, 6.45) is 3.62. The number of halogens is 1. The highest BCUT2D eigenvalue weighted by Gasteiger charge is 2.24. The fraction of sp³-hybridized carbons (Fsp3) is 0.375. The van der Waals surface area contributed by atoms with Crippen molar-refractivity contribution >= 4 is 21.8 Å². The van der Waals surface area contributed by atoms with Crippen LogP contribution in [-0.2, 0) is 0 Å². The summed E-state index contributed by atoms with van der Waals surface area (Å²) < 4.78 is 7.94. The molecule has 0 bridgehead atoms. The summed E-state index contributed by atoms with van der Waals surface area (Å²) in [6.45, 7) is 4.44. The summed E-state index contributed by atoms with van der Waals surface area (Å²) in [5.74, 6) is 0.620. The van der Waals surface area contributed by atoms with Gasteiger partial charge in [-0.1, -0.05) is 45.8 Å². The van der Waals surface area contributed by atoms with E-state index in [1.54, 1.807) is 11.8 Å². The molecule has 1 fully saturated rings. The second kappa shape index (κ2) is 10.3. The van der Waals surface area contributed by atoms with Crippen LogP contribution in [0.25, 0.3) is 5.69 Å². The maximum Gasteiger partial charge on any atom is 0.273 e. The van der Waals surface area contributed by atoms with Crippen LogP contribution in [-0.4, -0.2) is 52.5 Å². The highest BCUT2D eigenvalue weighted by molar-refractivity contribution is 9.10. The van der Waals surface area contributed by atoms with Gasteiger partial charge in [0.05, 0.1) is 24.5 Å². The third-order valence-corrected chi connectivity index (χ3v) is 6.44. The number of aromatic nitrogens is 3. The molecule has 1 N–H and O–H groups in total. The molecule has 2 aromatic carbocycles. The molecule has 0 spiro atoms. The molecule has 4 rings (SSSR count). The Kier molecular flexibility index (Phi) is 7.22. The summed E-state index contributed by atoms with van der Waals surface area (Å²) in [4.78, 5) is 15.5. The highest BCUT2D eigenvalue weighted by Crippen LogP contribution is 2.26. The van der Waals surface area contributed by atoms with Crippen LogP contribution < -0.4 is 10.1 Å². The van der Waals surface area contributed by atoms with Crippen LogP contribution in [0.15, 0.2) is 53.0 Å². The summed E-state index contributed by atoms with van der Waals surface area (Å²) >= 11 is 3.48. The van der Waals surface area contributed by atoms with E-state index in [2.05, 4.69) is 48.6 Å². The number of hydrogen-bond donors (Lipinski definition) is 1. The van der Waals surface area contributed by atoms with Gasteiger partial charge in [-0.2, -0.15) is 0 Å². The molecule has 8 heteroatoms. The number of carbonyl (C=O) groups excluding carboxylic acids is 1. The number of benzene rings is 2. The molecule has 3 aromatic rings. The van der Waals surface area contributed by atoms with E-state index in [1.165, 1.54) is 24.8 Å². The molecule has 0 radical (unpaired) electrons. The second-order valence-corrected chi connectivity index (χ2v) is 8.93. The minimum atomic E-state index is -0.209. The van der Waals surface area contributed by atoms with Crippen LogP contribution in [0.5, 0.6) is 5.75 Å². The van der Waals surface area contributed by atoms with E-state index in [0.29, 0.717) is 17.9 Å². The topological polar surface area (TPSA) is 72.3 Å². The van der Waals surface area contributed by atoms with Crippen molar-refractivity contribution in [2.45, 2.75) is 32.2 Å². The first-order valence-corrected chi connectivity index (χ1v) is 11.7. The summed E-state index contributed by atoms with van der Waals surface area (Å²) in [6, 6.07) is 16.0. The molecule has 1 amide bonds. The number of hydrogen-bond acceptors (Lipinski definition) is 5. The minimum Gasteiger partial charge on any atom is -0.497 e. The fourth-order valence-corrected chi connectivity index (χ4v) is 4.57. The number of rotatable bonds is 7. The zero-order chi connectivity index (χ0) is 22.5. The van der Waals surface area contributed by atoms with Gasteiger partial charge in [-0.3, -0.25) is 9.69 Å². The summed E-state index contributed by atoms with van der Waals surface area (Å²) in [5.41, 5.74) is 3.08. The Balaban J connectivity index is 1.50. The fourth-order valence-electron chi connectivity index (χ4n) is 4.18. The van der Waals surface area contributed by atoms with Gasteiger partial charge >= 0.3 is 0 Å². The van der Waals surface area contributed by atoms with Gasteiger partial charge in [0.2, 0.25) is 0 Å². The van der Waals surface area contributed by atoms with Crippen molar-refractivity contribution in [3.8, 4) is 11.4 Å². The molecule has 0 aliphatic carbocycles. The van der Waals surface area contributed by atoms with Gasteiger partial charge in [-0.25, -0.2) is 4.68 Å². The Bertz CT molecular complexity index is 1060. The summed E-state index contributed by atoms with van der Waals surface area (Å²) in [5, 5.41) is 11.5. The molecule has 0 saturated carbocycles. The molecule has 1 saturated heterocycles. The monoisotopic (exact) mass is 497 g/mol. The smallest absolute Gasteiger partial charge is 0.273 e. The second-order valence-electron chi connectivity index (χ2n) is 8.01. The molecule has 2 heterocycles. The molecule has 168 valence electrons. The van der Waals surface area contributed by atoms with Crippen LogP contribution in [0.3, 0.4) is 0 Å². The normalized spacial score (nSPS) is 15.3. The van der Waals surface area contributed by atoms with E-state index in [-0.39, 0.29) is 11.9 Å². The third-order valence-electron chi connectivity index (χ3n) is 5.95. The SMILES string of the molecule is COc1ccc(C(CNC(=O)c2nnn(-c3cccc(Br)c3)c2C)N2CCCCC2)cc1. The highest BCUT2D eigenvalue weighted by atomic mass is 79.9. The van der Waals surface area contributed by atoms with Gasteiger partial charge in [-0.15, -0.1) is 5.10 Å². The number of carbonyl (C=O) groups is 1. The van der Waals surface area contributed by atoms with Crippen molar-refractivity contribution in [3.63, 3.8) is 0 Å². The Morgan fingerprint density at radius 1 is 1.16 bits per heavy atom. The van der Waals surface area contributed by atoms with Gasteiger partial charge in [0.15, 0.2) is 5.69 Å². The maximum absolute atomic E-state index is 13.0. The van der Waals surface area contributed by atoms with Crippen LogP contribution in [0.2, 0.25) is 0 Å². The molecule has 1 atom stereocenters. The first kappa shape index (κ1) is 22.5. The molecule has 7 nitrogen and oxygen atoms in total. The minimum absolute atomic E-state index is 0.102. The Morgan fingerprint density at radius 3 is 2.59 bits per heavy atom. The average Bonchev–Trinajstić information content (AvgIpc) is 3.21. The number of ether oxygens (including phenoxy) is 1. The predicted octanol–water partition coefficient (Wildman–Crippen LogP) is 4.30. The lowest BCUT2D eigenvalue weighted by Crippen LogP contribution is -2.40. The van der Waals surface area contributed by atoms with Crippen molar-refractivity contribution in [3.05, 3.63) is 70.0 Å². The van der Waals surface area contributed by atoms with Gasteiger partial charge in [0, 0.05) is 11.0 Å². The van der Waals surface area contributed by atoms with Crippen LogP contribution >= 0.6 is 15.9 Å². The van der Waals surface area contributed by atoms with Crippen molar-refractivity contribution in [1.29, 1.82) is 0 Å². The van der Waals surface area contributed by atoms with Crippen molar-refractivity contribution in [2.75, 3.05) is 26.7 Å². The van der Waals surface area contributed by atoms with Gasteiger partial charge in [0.1, 0.15) is 5.75 Å². The van der Waals surface area contributed by atoms with Crippen molar-refractivity contribution in [2.24, 2.45) is 0 Å². The lowest BCUT2D eigenvalue weighted by molar-refractivity contribution is 0.0918. The van der Waals surface area contributed by atoms with Crippen LogP contribution in [0.4, 0.5) is 0 Å². The molecule has 1 unspecified atom stereocenters. The molecule has 1 aromatic heterocycles. The van der Waals surface area contributed by atoms with Crippen LogP contribution in [0.1, 0.15) is 47.1 Å². The number of piperidine rings is 1. The zero-order valence-electron chi connectivity index (χ0n) is 18.4. The first-order chi connectivity index (χ1) is 15.6. The maximum atomic E-state index is 13.0. The van der Waals surface area contributed by atoms with E-state index in [1.807, 2.05) is 43.3 Å². The lowest BCUT2D eigenvalue weighted by Gasteiger charge is -2.35. The number of methoxy groups -OCH3 is 1. The van der Waals surface area contributed by atoms with E-state index in [9.17, 15) is 4.79 Å². The van der Waals surface area contributed by atoms with E-state index in [4.69, 9.17) is 4.74 Å². The van der Waals surface area contributed by atoms with Gasteiger partial charge in [0.25, 0.3) is 5.91 Å². The summed E-state index contributed by atoms with van der Waals surface area (Å²) in [7, 11) is 1.67.